The molecule has 0 fully saturated rings. The first kappa shape index (κ1) is 11.8. The van der Waals surface area contributed by atoms with Crippen LogP contribution in [0, 0.1) is 0 Å². The Labute approximate surface area is 90.8 Å². The van der Waals surface area contributed by atoms with Crippen molar-refractivity contribution in [1.29, 1.82) is 0 Å². The second-order valence-corrected chi connectivity index (χ2v) is 2.97. The average molecular weight is 225 g/mol. The number of aliphatic carboxylic acids is 2. The molecule has 0 unspecified atom stereocenters. The minimum Gasteiger partial charge on any atom is -0.480 e. The zero-order valence-corrected chi connectivity index (χ0v) is 8.18. The number of hydrazine groups is 1. The zero-order valence-electron chi connectivity index (χ0n) is 8.18. The molecule has 0 saturated heterocycles. The van der Waals surface area contributed by atoms with Crippen LogP contribution in [0.15, 0.2) is 24.3 Å². The molecule has 7 heteroatoms. The first-order valence-electron chi connectivity index (χ1n) is 4.34. The summed E-state index contributed by atoms with van der Waals surface area (Å²) in [4.78, 5) is 21.1. The van der Waals surface area contributed by atoms with Crippen molar-refractivity contribution in [3.8, 4) is 0 Å². The molecule has 0 bridgehead atoms. The number of nitrogen functional groups attached to an aromatic ring is 1. The van der Waals surface area contributed by atoms with Gasteiger partial charge < -0.3 is 21.4 Å². The van der Waals surface area contributed by atoms with Crippen molar-refractivity contribution in [2.24, 2.45) is 0 Å². The number of hydrogen-bond acceptors (Lipinski definition) is 5. The van der Waals surface area contributed by atoms with Crippen LogP contribution in [-0.4, -0.2) is 28.2 Å². The summed E-state index contributed by atoms with van der Waals surface area (Å²) in [7, 11) is 0. The summed E-state index contributed by atoms with van der Waals surface area (Å²) in [5.74, 6) is -2.98. The van der Waals surface area contributed by atoms with E-state index >= 15 is 0 Å². The molecule has 1 aromatic carbocycles. The van der Waals surface area contributed by atoms with Crippen molar-refractivity contribution in [2.75, 3.05) is 11.2 Å². The number of para-hydroxylation sites is 2. The van der Waals surface area contributed by atoms with E-state index in [4.69, 9.17) is 15.9 Å². The lowest BCUT2D eigenvalue weighted by Gasteiger charge is -2.13. The zero-order chi connectivity index (χ0) is 12.1. The second-order valence-electron chi connectivity index (χ2n) is 2.97. The number of benzene rings is 1. The Hall–Kier alpha value is -2.28. The van der Waals surface area contributed by atoms with Gasteiger partial charge in [0.2, 0.25) is 6.04 Å². The molecule has 0 aliphatic heterocycles. The van der Waals surface area contributed by atoms with Crippen molar-refractivity contribution in [3.05, 3.63) is 24.3 Å². The maximum atomic E-state index is 10.5. The summed E-state index contributed by atoms with van der Waals surface area (Å²) >= 11 is 0. The summed E-state index contributed by atoms with van der Waals surface area (Å²) in [6, 6.07) is 4.83. The van der Waals surface area contributed by atoms with Crippen molar-refractivity contribution in [2.45, 2.75) is 6.04 Å². The molecule has 0 aromatic heterocycles. The molecule has 1 rings (SSSR count). The van der Waals surface area contributed by atoms with Gasteiger partial charge in [-0.05, 0) is 12.1 Å². The molecule has 0 spiro atoms. The maximum Gasteiger partial charge on any atom is 0.334 e. The number of nitrogens with one attached hydrogen (secondary N) is 2. The summed E-state index contributed by atoms with van der Waals surface area (Å²) in [6.45, 7) is 0. The number of rotatable bonds is 5. The van der Waals surface area contributed by atoms with Crippen LogP contribution in [0.2, 0.25) is 0 Å². The van der Waals surface area contributed by atoms with Gasteiger partial charge in [0.1, 0.15) is 0 Å². The van der Waals surface area contributed by atoms with E-state index in [-0.39, 0.29) is 0 Å². The fourth-order valence-electron chi connectivity index (χ4n) is 0.990. The summed E-state index contributed by atoms with van der Waals surface area (Å²) < 4.78 is 0. The van der Waals surface area contributed by atoms with Gasteiger partial charge in [0.25, 0.3) is 0 Å². The fourth-order valence-corrected chi connectivity index (χ4v) is 0.990. The predicted octanol–water partition coefficient (Wildman–Crippen LogP) is -0.277. The van der Waals surface area contributed by atoms with Gasteiger partial charge in [0.15, 0.2) is 0 Å². The quantitative estimate of drug-likeness (QED) is 0.265. The van der Waals surface area contributed by atoms with E-state index in [2.05, 4.69) is 10.9 Å². The minimum atomic E-state index is -1.74. The van der Waals surface area contributed by atoms with Crippen LogP contribution in [0.3, 0.4) is 0 Å². The van der Waals surface area contributed by atoms with E-state index in [9.17, 15) is 9.59 Å². The van der Waals surface area contributed by atoms with Crippen LogP contribution in [0.5, 0.6) is 0 Å². The van der Waals surface area contributed by atoms with Gasteiger partial charge in [0.05, 0.1) is 11.4 Å². The van der Waals surface area contributed by atoms with Gasteiger partial charge in [-0.3, -0.25) is 0 Å². The molecule has 86 valence electrons. The molecule has 0 radical (unpaired) electrons. The molecule has 7 nitrogen and oxygen atoms in total. The van der Waals surface area contributed by atoms with Crippen LogP contribution in [-0.2, 0) is 9.59 Å². The Morgan fingerprint density at radius 2 is 1.75 bits per heavy atom. The predicted molar refractivity (Wildman–Crippen MR) is 56.7 cm³/mol. The highest BCUT2D eigenvalue weighted by molar-refractivity contribution is 5.97. The lowest BCUT2D eigenvalue weighted by atomic mass is 10.3. The van der Waals surface area contributed by atoms with Crippen molar-refractivity contribution in [1.82, 2.24) is 5.43 Å². The van der Waals surface area contributed by atoms with Crippen molar-refractivity contribution < 1.29 is 19.8 Å². The van der Waals surface area contributed by atoms with Crippen LogP contribution in [0.25, 0.3) is 0 Å². The number of carbonyl (C=O) groups is 2. The van der Waals surface area contributed by atoms with E-state index in [1.807, 2.05) is 0 Å². The fraction of sp³-hybridized carbons (Fsp3) is 0.111. The number of anilines is 2. The molecule has 0 atom stereocenters. The monoisotopic (exact) mass is 225 g/mol. The minimum absolute atomic E-state index is 0.379. The lowest BCUT2D eigenvalue weighted by molar-refractivity contribution is -0.150. The largest absolute Gasteiger partial charge is 0.480 e. The highest BCUT2D eigenvalue weighted by Gasteiger charge is 2.25. The van der Waals surface area contributed by atoms with Crippen LogP contribution >= 0.6 is 0 Å². The summed E-state index contributed by atoms with van der Waals surface area (Å²) in [5, 5.41) is 17.2. The van der Waals surface area contributed by atoms with Gasteiger partial charge in [-0.25, -0.2) is 15.0 Å². The topological polar surface area (TPSA) is 125 Å². The second kappa shape index (κ2) is 4.99. The Kier molecular flexibility index (Phi) is 3.67. The van der Waals surface area contributed by atoms with Crippen LogP contribution in [0.1, 0.15) is 0 Å². The smallest absolute Gasteiger partial charge is 0.334 e. The number of carboxylic acids is 2. The molecule has 0 aliphatic rings. The van der Waals surface area contributed by atoms with Gasteiger partial charge in [-0.15, -0.1) is 0 Å². The van der Waals surface area contributed by atoms with Crippen molar-refractivity contribution >= 4 is 23.3 Å². The van der Waals surface area contributed by atoms with Crippen molar-refractivity contribution in [3.63, 3.8) is 0 Å². The molecule has 16 heavy (non-hydrogen) atoms. The third kappa shape index (κ3) is 2.85. The van der Waals surface area contributed by atoms with Gasteiger partial charge in [-0.1, -0.05) is 12.1 Å². The molecule has 0 saturated carbocycles. The third-order valence-corrected chi connectivity index (χ3v) is 1.81. The molecule has 0 heterocycles. The Morgan fingerprint density at radius 1 is 1.19 bits per heavy atom. The standard InChI is InChI=1S/C9H11N3O4/c10-5-3-1-2-4-6(5)11-12-7(8(13)14)9(15)16/h1-4,7,11-12H,10H2,(H,13,14)(H,15,16). The first-order valence-corrected chi connectivity index (χ1v) is 4.34. The van der Waals surface area contributed by atoms with Gasteiger partial charge >= 0.3 is 11.9 Å². The third-order valence-electron chi connectivity index (χ3n) is 1.81. The SMILES string of the molecule is Nc1ccccc1NNC(C(=O)O)C(=O)O. The molecule has 0 amide bonds. The number of carboxylic acid groups (broad SMARTS) is 2. The van der Waals surface area contributed by atoms with E-state index in [0.29, 0.717) is 11.4 Å². The number of hydrogen-bond donors (Lipinski definition) is 5. The van der Waals surface area contributed by atoms with Gasteiger partial charge in [-0.2, -0.15) is 0 Å². The maximum absolute atomic E-state index is 10.5. The highest BCUT2D eigenvalue weighted by atomic mass is 16.4. The Balaban J connectivity index is 2.66. The van der Waals surface area contributed by atoms with E-state index in [1.165, 1.54) is 0 Å². The molecule has 6 N–H and O–H groups in total. The molecular weight excluding hydrogens is 214 g/mol. The summed E-state index contributed by atoms with van der Waals surface area (Å²) in [6.07, 6.45) is 0. The Bertz CT molecular complexity index is 393. The van der Waals surface area contributed by atoms with Gasteiger partial charge in [0, 0.05) is 0 Å². The summed E-state index contributed by atoms with van der Waals surface area (Å²) in [5.41, 5.74) is 10.9. The molecular formula is C9H11N3O4. The molecule has 0 aliphatic carbocycles. The highest BCUT2D eigenvalue weighted by Crippen LogP contribution is 2.15. The normalized spacial score (nSPS) is 10.1. The lowest BCUT2D eigenvalue weighted by Crippen LogP contribution is -2.46. The molecule has 1 aromatic rings. The van der Waals surface area contributed by atoms with Crippen LogP contribution < -0.4 is 16.6 Å². The van der Waals surface area contributed by atoms with E-state index in [1.54, 1.807) is 24.3 Å². The average Bonchev–Trinajstić information content (AvgIpc) is 2.20. The van der Waals surface area contributed by atoms with Crippen LogP contribution in [0.4, 0.5) is 11.4 Å². The number of nitrogens with two attached hydrogens (primary N) is 1. The van der Waals surface area contributed by atoms with E-state index < -0.39 is 18.0 Å². The first-order chi connectivity index (χ1) is 7.52. The van der Waals surface area contributed by atoms with E-state index in [0.717, 1.165) is 0 Å². The Morgan fingerprint density at radius 3 is 2.25 bits per heavy atom.